The van der Waals surface area contributed by atoms with E-state index in [0.29, 0.717) is 6.61 Å². The first-order valence-electron chi connectivity index (χ1n) is 7.27. The lowest BCUT2D eigenvalue weighted by atomic mass is 9.92. The third-order valence-corrected chi connectivity index (χ3v) is 3.84. The highest BCUT2D eigenvalue weighted by Gasteiger charge is 2.38. The number of rotatable bonds is 4. The topological polar surface area (TPSA) is 30.5 Å². The van der Waals surface area contributed by atoms with Crippen LogP contribution < -0.4 is 10.1 Å². The van der Waals surface area contributed by atoms with Crippen LogP contribution in [0.3, 0.4) is 0 Å². The van der Waals surface area contributed by atoms with Gasteiger partial charge in [0.2, 0.25) is 0 Å². The lowest BCUT2D eigenvalue weighted by Crippen LogP contribution is -2.45. The van der Waals surface area contributed by atoms with Crippen LogP contribution in [0.4, 0.5) is 0 Å². The molecule has 3 heteroatoms. The van der Waals surface area contributed by atoms with E-state index in [9.17, 15) is 0 Å². The number of para-hydroxylation sites is 1. The lowest BCUT2D eigenvalue weighted by Gasteiger charge is -2.31. The zero-order chi connectivity index (χ0) is 14.7. The molecule has 0 fully saturated rings. The van der Waals surface area contributed by atoms with Gasteiger partial charge in [-0.15, -0.1) is 0 Å². The van der Waals surface area contributed by atoms with Crippen molar-refractivity contribution in [2.45, 2.75) is 19.1 Å². The number of aryl methyl sites for hydroxylation is 1. The van der Waals surface area contributed by atoms with Crippen LogP contribution in [-0.2, 0) is 4.74 Å². The minimum absolute atomic E-state index is 0.00194. The Bertz CT molecular complexity index is 601. The fraction of sp³-hybridized carbons (Fsp3) is 0.333. The van der Waals surface area contributed by atoms with E-state index < -0.39 is 0 Å². The van der Waals surface area contributed by atoms with Crippen LogP contribution in [-0.4, -0.2) is 32.4 Å². The number of benzene rings is 1. The van der Waals surface area contributed by atoms with Gasteiger partial charge in [-0.3, -0.25) is 0 Å². The molecule has 0 unspecified atom stereocenters. The summed E-state index contributed by atoms with van der Waals surface area (Å²) in [7, 11) is 1.93. The maximum Gasteiger partial charge on any atom is 0.196 e. The van der Waals surface area contributed by atoms with Crippen molar-refractivity contribution in [3.05, 3.63) is 65.3 Å². The van der Waals surface area contributed by atoms with Gasteiger partial charge in [-0.25, -0.2) is 0 Å². The molecule has 108 valence electrons. The highest BCUT2D eigenvalue weighted by atomic mass is 16.5. The van der Waals surface area contributed by atoms with E-state index >= 15 is 0 Å². The van der Waals surface area contributed by atoms with Gasteiger partial charge in [0.15, 0.2) is 6.10 Å². The van der Waals surface area contributed by atoms with E-state index in [2.05, 4.69) is 30.5 Å². The molecule has 0 amide bonds. The molecule has 1 aromatic carbocycles. The summed E-state index contributed by atoms with van der Waals surface area (Å²) in [5.74, 6) is 0.906. The maximum absolute atomic E-state index is 6.29. The Balaban J connectivity index is 1.92. The van der Waals surface area contributed by atoms with Crippen LogP contribution in [0, 0.1) is 13.0 Å². The molecule has 1 heterocycles. The molecule has 21 heavy (non-hydrogen) atoms. The number of allylic oxidation sites excluding steroid dienone is 2. The van der Waals surface area contributed by atoms with Gasteiger partial charge in [0.05, 0.1) is 18.3 Å². The largest absolute Gasteiger partial charge is 0.470 e. The molecule has 0 saturated heterocycles. The smallest absolute Gasteiger partial charge is 0.196 e. The quantitative estimate of drug-likeness (QED) is 0.861. The highest BCUT2D eigenvalue weighted by molar-refractivity contribution is 5.44. The number of likely N-dealkylation sites (N-methyl/N-ethyl adjacent to an activating group) is 1. The summed E-state index contributed by atoms with van der Waals surface area (Å²) >= 11 is 0. The first-order chi connectivity index (χ1) is 10.3. The van der Waals surface area contributed by atoms with Gasteiger partial charge in [0.1, 0.15) is 29.6 Å². The van der Waals surface area contributed by atoms with E-state index in [1.165, 1.54) is 11.1 Å². The van der Waals surface area contributed by atoms with E-state index in [0.717, 1.165) is 17.9 Å². The highest BCUT2D eigenvalue weighted by Crippen LogP contribution is 2.30. The van der Waals surface area contributed by atoms with Gasteiger partial charge in [-0.05, 0) is 25.6 Å². The third kappa shape index (κ3) is 2.91. The molecule has 0 spiro atoms. The Morgan fingerprint density at radius 2 is 2.24 bits per heavy atom. The summed E-state index contributed by atoms with van der Waals surface area (Å²) in [6, 6.07) is 8.08. The summed E-state index contributed by atoms with van der Waals surface area (Å²) in [5, 5.41) is 3.18. The number of nitrogens with one attached hydrogen (secondary N) is 1. The zero-order valence-electron chi connectivity index (χ0n) is 12.4. The van der Waals surface area contributed by atoms with Crippen LogP contribution in [0.15, 0.2) is 53.6 Å². The fourth-order valence-corrected chi connectivity index (χ4v) is 2.69. The predicted molar refractivity (Wildman–Crippen MR) is 83.2 cm³/mol. The van der Waals surface area contributed by atoms with Crippen molar-refractivity contribution in [3.63, 3.8) is 0 Å². The molecule has 3 nitrogen and oxygen atoms in total. The first kappa shape index (κ1) is 14.0. The Hall–Kier alpha value is -1.93. The molecule has 1 N–H and O–H groups in total. The summed E-state index contributed by atoms with van der Waals surface area (Å²) in [4.78, 5) is 0. The molecule has 1 aromatic rings. The molecule has 2 aliphatic rings. The lowest BCUT2D eigenvalue weighted by molar-refractivity contribution is -0.0105. The van der Waals surface area contributed by atoms with Crippen LogP contribution in [0.25, 0.3) is 0 Å². The third-order valence-electron chi connectivity index (χ3n) is 3.84. The molecule has 2 atom stereocenters. The SMILES string of the molecule is CNC[C@@H]1OCC2=C(C=[C+]C=C2)[C@@H]1Oc1ccccc1C. The number of hydrogen-bond acceptors (Lipinski definition) is 3. The first-order valence-corrected chi connectivity index (χ1v) is 7.27. The van der Waals surface area contributed by atoms with Crippen molar-refractivity contribution in [1.29, 1.82) is 0 Å². The molecule has 0 radical (unpaired) electrons. The maximum atomic E-state index is 6.29. The molecule has 0 aromatic heterocycles. The van der Waals surface area contributed by atoms with E-state index in [1.54, 1.807) is 0 Å². The normalized spacial score (nSPS) is 23.7. The summed E-state index contributed by atoms with van der Waals surface area (Å²) in [6.07, 6.45) is 9.04. The molecule has 3 rings (SSSR count). The van der Waals surface area contributed by atoms with Gasteiger partial charge >= 0.3 is 0 Å². The number of hydrogen-bond donors (Lipinski definition) is 1. The van der Waals surface area contributed by atoms with Gasteiger partial charge in [0, 0.05) is 12.6 Å². The molecule has 1 aliphatic heterocycles. The van der Waals surface area contributed by atoms with Crippen LogP contribution in [0.5, 0.6) is 5.75 Å². The van der Waals surface area contributed by atoms with Gasteiger partial charge < -0.3 is 14.8 Å². The van der Waals surface area contributed by atoms with Crippen molar-refractivity contribution in [2.75, 3.05) is 20.2 Å². The standard InChI is InChI=1S/C18H20NO2/c1-13-7-3-6-10-16(13)21-18-15-9-5-4-8-14(15)12-20-17(18)11-19-2/h3-4,6-10,17-19H,11-12H2,1-2H3/q+1/t17-,18-/m0/s1. The number of ether oxygens (including phenoxy) is 2. The van der Waals surface area contributed by atoms with Crippen LogP contribution in [0.2, 0.25) is 0 Å². The molecular weight excluding hydrogens is 262 g/mol. The molecule has 0 saturated carbocycles. The van der Waals surface area contributed by atoms with Crippen LogP contribution >= 0.6 is 0 Å². The summed E-state index contributed by atoms with van der Waals surface area (Å²) in [6.45, 7) is 3.44. The Morgan fingerprint density at radius 3 is 3.05 bits per heavy atom. The molecule has 1 aliphatic carbocycles. The Labute approximate surface area is 126 Å². The van der Waals surface area contributed by atoms with Gasteiger partial charge in [0.25, 0.3) is 0 Å². The Kier molecular flexibility index (Phi) is 4.16. The van der Waals surface area contributed by atoms with Crippen molar-refractivity contribution in [3.8, 4) is 5.75 Å². The van der Waals surface area contributed by atoms with Gasteiger partial charge in [-0.2, -0.15) is 0 Å². The van der Waals surface area contributed by atoms with E-state index in [1.807, 2.05) is 37.4 Å². The van der Waals surface area contributed by atoms with Crippen molar-refractivity contribution in [2.24, 2.45) is 0 Å². The monoisotopic (exact) mass is 282 g/mol. The minimum Gasteiger partial charge on any atom is -0.470 e. The average molecular weight is 282 g/mol. The predicted octanol–water partition coefficient (Wildman–Crippen LogP) is 2.59. The van der Waals surface area contributed by atoms with Crippen molar-refractivity contribution >= 4 is 0 Å². The Morgan fingerprint density at radius 1 is 1.38 bits per heavy atom. The van der Waals surface area contributed by atoms with Crippen LogP contribution in [0.1, 0.15) is 5.56 Å². The van der Waals surface area contributed by atoms with Crippen molar-refractivity contribution in [1.82, 2.24) is 5.32 Å². The second-order valence-electron chi connectivity index (χ2n) is 5.34. The zero-order valence-corrected chi connectivity index (χ0v) is 12.4. The summed E-state index contributed by atoms with van der Waals surface area (Å²) in [5.41, 5.74) is 3.49. The second-order valence-corrected chi connectivity index (χ2v) is 5.34. The van der Waals surface area contributed by atoms with E-state index in [-0.39, 0.29) is 12.2 Å². The minimum atomic E-state index is -0.111. The van der Waals surface area contributed by atoms with Gasteiger partial charge in [-0.1, -0.05) is 18.2 Å². The molecule has 0 bridgehead atoms. The van der Waals surface area contributed by atoms with Crippen molar-refractivity contribution < 1.29 is 9.47 Å². The summed E-state index contributed by atoms with van der Waals surface area (Å²) < 4.78 is 12.3. The fourth-order valence-electron chi connectivity index (χ4n) is 2.69. The van der Waals surface area contributed by atoms with E-state index in [4.69, 9.17) is 9.47 Å². The average Bonchev–Trinajstić information content (AvgIpc) is 2.52. The molecular formula is C18H20NO2+. The second kappa shape index (κ2) is 6.23.